The lowest BCUT2D eigenvalue weighted by atomic mass is 10.1. The summed E-state index contributed by atoms with van der Waals surface area (Å²) < 4.78 is 1.96. The zero-order chi connectivity index (χ0) is 23.4. The Balaban J connectivity index is 1.62. The molecule has 33 heavy (non-hydrogen) atoms. The lowest BCUT2D eigenvalue weighted by Gasteiger charge is -2.12. The zero-order valence-corrected chi connectivity index (χ0v) is 19.6. The fourth-order valence-corrected chi connectivity index (χ4v) is 4.20. The maximum atomic E-state index is 12.3. The van der Waals surface area contributed by atoms with Crippen LogP contribution in [0.4, 0.5) is 4.79 Å². The van der Waals surface area contributed by atoms with Crippen LogP contribution in [0.25, 0.3) is 28.0 Å². The highest BCUT2D eigenvalue weighted by atomic mass is 32.2. The first-order valence-corrected chi connectivity index (χ1v) is 11.7. The maximum absolute atomic E-state index is 12.3. The Morgan fingerprint density at radius 3 is 2.64 bits per heavy atom. The Morgan fingerprint density at radius 2 is 1.85 bits per heavy atom. The average molecular weight is 463 g/mol. The third kappa shape index (κ3) is 5.09. The van der Waals surface area contributed by atoms with Gasteiger partial charge in [0, 0.05) is 29.2 Å². The highest BCUT2D eigenvalue weighted by Gasteiger charge is 2.21. The number of nitrogens with one attached hydrogen (secondary N) is 3. The van der Waals surface area contributed by atoms with Crippen molar-refractivity contribution in [1.29, 1.82) is 0 Å². The smallest absolute Gasteiger partial charge is 0.321 e. The Hall–Kier alpha value is -3.59. The highest BCUT2D eigenvalue weighted by molar-refractivity contribution is 7.99. The van der Waals surface area contributed by atoms with Crippen LogP contribution in [-0.4, -0.2) is 44.0 Å². The van der Waals surface area contributed by atoms with E-state index < -0.39 is 11.9 Å². The molecule has 3 amide bonds. The van der Waals surface area contributed by atoms with Crippen molar-refractivity contribution >= 4 is 34.6 Å². The van der Waals surface area contributed by atoms with Gasteiger partial charge in [-0.1, -0.05) is 62.0 Å². The number of aryl methyl sites for hydroxylation is 1. The Labute approximate surface area is 196 Å². The number of carbonyl (C=O) groups is 2. The first kappa shape index (κ1) is 22.6. The molecule has 0 saturated heterocycles. The van der Waals surface area contributed by atoms with Crippen molar-refractivity contribution in [3.63, 3.8) is 0 Å². The van der Waals surface area contributed by atoms with Crippen LogP contribution < -0.4 is 10.6 Å². The fourth-order valence-electron chi connectivity index (χ4n) is 3.46. The minimum Gasteiger partial charge on any atom is -0.360 e. The molecule has 0 atom stereocenters. The molecule has 2 aromatic heterocycles. The minimum absolute atomic E-state index is 0.0347. The van der Waals surface area contributed by atoms with E-state index in [0.29, 0.717) is 23.4 Å². The number of imide groups is 1. The third-order valence-corrected chi connectivity index (χ3v) is 6.00. The SMILES string of the molecule is Cc1ccccc1-n1c(SCC(=O)NC(=O)NCC(C)C)nnc1-c1c[nH]c2ccccc12. The predicted molar refractivity (Wildman–Crippen MR) is 130 cm³/mol. The average Bonchev–Trinajstić information content (AvgIpc) is 3.40. The summed E-state index contributed by atoms with van der Waals surface area (Å²) in [5.41, 5.74) is 3.91. The minimum atomic E-state index is -0.492. The van der Waals surface area contributed by atoms with Gasteiger partial charge in [-0.25, -0.2) is 4.79 Å². The Kier molecular flexibility index (Phi) is 6.79. The van der Waals surface area contributed by atoms with E-state index in [1.165, 1.54) is 11.8 Å². The van der Waals surface area contributed by atoms with E-state index in [1.807, 2.05) is 80.1 Å². The monoisotopic (exact) mass is 462 g/mol. The van der Waals surface area contributed by atoms with Crippen LogP contribution in [0.1, 0.15) is 19.4 Å². The van der Waals surface area contributed by atoms with Crippen molar-refractivity contribution in [2.45, 2.75) is 25.9 Å². The second kappa shape index (κ2) is 9.91. The normalized spacial score (nSPS) is 11.2. The lowest BCUT2D eigenvalue weighted by Crippen LogP contribution is -2.41. The molecule has 4 rings (SSSR count). The molecule has 0 bridgehead atoms. The number of para-hydroxylation sites is 2. The van der Waals surface area contributed by atoms with E-state index in [-0.39, 0.29) is 5.75 Å². The summed E-state index contributed by atoms with van der Waals surface area (Å²) in [6, 6.07) is 15.5. The number of carbonyl (C=O) groups excluding carboxylic acids is 2. The maximum Gasteiger partial charge on any atom is 0.321 e. The van der Waals surface area contributed by atoms with Gasteiger partial charge in [0.1, 0.15) is 0 Å². The first-order valence-electron chi connectivity index (χ1n) is 10.7. The van der Waals surface area contributed by atoms with E-state index in [1.54, 1.807) is 0 Å². The largest absolute Gasteiger partial charge is 0.360 e. The van der Waals surface area contributed by atoms with Gasteiger partial charge in [0.05, 0.1) is 11.4 Å². The van der Waals surface area contributed by atoms with Crippen molar-refractivity contribution in [3.8, 4) is 17.1 Å². The van der Waals surface area contributed by atoms with Gasteiger partial charge in [-0.05, 0) is 30.5 Å². The molecular weight excluding hydrogens is 436 g/mol. The quantitative estimate of drug-likeness (QED) is 0.355. The van der Waals surface area contributed by atoms with Crippen molar-refractivity contribution < 1.29 is 9.59 Å². The van der Waals surface area contributed by atoms with E-state index in [2.05, 4.69) is 25.8 Å². The van der Waals surface area contributed by atoms with Crippen LogP contribution >= 0.6 is 11.8 Å². The summed E-state index contributed by atoms with van der Waals surface area (Å²) in [6.07, 6.45) is 1.92. The molecule has 9 heteroatoms. The lowest BCUT2D eigenvalue weighted by molar-refractivity contribution is -0.117. The molecule has 0 aliphatic heterocycles. The first-order chi connectivity index (χ1) is 15.9. The molecule has 0 unspecified atom stereocenters. The molecule has 0 radical (unpaired) electrons. The van der Waals surface area contributed by atoms with Gasteiger partial charge in [0.25, 0.3) is 0 Å². The summed E-state index contributed by atoms with van der Waals surface area (Å²) in [5, 5.41) is 15.5. The molecule has 2 heterocycles. The van der Waals surface area contributed by atoms with Crippen LogP contribution in [0.2, 0.25) is 0 Å². The Bertz CT molecular complexity index is 1290. The number of urea groups is 1. The van der Waals surface area contributed by atoms with Crippen LogP contribution in [-0.2, 0) is 4.79 Å². The van der Waals surface area contributed by atoms with Gasteiger partial charge in [-0.2, -0.15) is 0 Å². The van der Waals surface area contributed by atoms with Crippen LogP contribution in [0, 0.1) is 12.8 Å². The summed E-state index contributed by atoms with van der Waals surface area (Å²) >= 11 is 1.24. The van der Waals surface area contributed by atoms with Crippen molar-refractivity contribution in [3.05, 3.63) is 60.3 Å². The molecule has 8 nitrogen and oxygen atoms in total. The number of hydrogen-bond donors (Lipinski definition) is 3. The molecule has 2 aromatic carbocycles. The molecule has 0 fully saturated rings. The zero-order valence-electron chi connectivity index (χ0n) is 18.8. The summed E-state index contributed by atoms with van der Waals surface area (Å²) in [6.45, 7) is 6.50. The number of rotatable bonds is 7. The highest BCUT2D eigenvalue weighted by Crippen LogP contribution is 2.33. The predicted octanol–water partition coefficient (Wildman–Crippen LogP) is 4.30. The number of fused-ring (bicyclic) bond motifs is 1. The number of H-pyrrole nitrogens is 1. The van der Waals surface area contributed by atoms with Gasteiger partial charge in [-0.3, -0.25) is 14.7 Å². The van der Waals surface area contributed by atoms with E-state index in [4.69, 9.17) is 0 Å². The number of nitrogens with zero attached hydrogens (tertiary/aromatic N) is 3. The number of thioether (sulfide) groups is 1. The van der Waals surface area contributed by atoms with Crippen molar-refractivity contribution in [2.75, 3.05) is 12.3 Å². The molecule has 0 spiro atoms. The van der Waals surface area contributed by atoms with E-state index >= 15 is 0 Å². The van der Waals surface area contributed by atoms with Gasteiger partial charge in [-0.15, -0.1) is 10.2 Å². The number of hydrogen-bond acceptors (Lipinski definition) is 5. The number of amides is 3. The third-order valence-electron chi connectivity index (χ3n) is 5.08. The fraction of sp³-hybridized carbons (Fsp3) is 0.250. The Morgan fingerprint density at radius 1 is 1.09 bits per heavy atom. The van der Waals surface area contributed by atoms with Gasteiger partial charge in [0.15, 0.2) is 11.0 Å². The molecule has 4 aromatic rings. The van der Waals surface area contributed by atoms with Crippen molar-refractivity contribution in [1.82, 2.24) is 30.4 Å². The van der Waals surface area contributed by atoms with Gasteiger partial charge < -0.3 is 10.3 Å². The second-order valence-corrected chi connectivity index (χ2v) is 9.06. The summed E-state index contributed by atoms with van der Waals surface area (Å²) in [5.74, 6) is 0.622. The van der Waals surface area contributed by atoms with Crippen LogP contribution in [0.15, 0.2) is 59.9 Å². The molecule has 0 aliphatic rings. The van der Waals surface area contributed by atoms with Crippen LogP contribution in [0.5, 0.6) is 0 Å². The van der Waals surface area contributed by atoms with E-state index in [9.17, 15) is 9.59 Å². The van der Waals surface area contributed by atoms with Gasteiger partial charge in [0.2, 0.25) is 5.91 Å². The second-order valence-electron chi connectivity index (χ2n) is 8.12. The standard InChI is InChI=1S/C24H26N6O2S/c1-15(2)12-26-23(32)27-21(31)14-33-24-29-28-22(30(24)20-11-7-4-8-16(20)3)18-13-25-19-10-6-5-9-17(18)19/h4-11,13,15,25H,12,14H2,1-3H3,(H2,26,27,31,32). The number of benzene rings is 2. The number of aromatic nitrogens is 4. The number of aromatic amines is 1. The molecule has 0 aliphatic carbocycles. The summed E-state index contributed by atoms with van der Waals surface area (Å²) in [7, 11) is 0. The van der Waals surface area contributed by atoms with E-state index in [0.717, 1.165) is 27.7 Å². The summed E-state index contributed by atoms with van der Waals surface area (Å²) in [4.78, 5) is 27.5. The molecule has 0 saturated carbocycles. The molecular formula is C24H26N6O2S. The van der Waals surface area contributed by atoms with Crippen LogP contribution in [0.3, 0.4) is 0 Å². The molecule has 3 N–H and O–H groups in total. The topological polar surface area (TPSA) is 105 Å². The van der Waals surface area contributed by atoms with Gasteiger partial charge >= 0.3 is 6.03 Å². The molecule has 170 valence electrons. The van der Waals surface area contributed by atoms with Crippen molar-refractivity contribution in [2.24, 2.45) is 5.92 Å².